The quantitative estimate of drug-likeness (QED) is 0.832. The fourth-order valence-electron chi connectivity index (χ4n) is 2.29. The Bertz CT molecular complexity index is 642. The molecule has 0 saturated heterocycles. The number of aryl methyl sites for hydroxylation is 1. The average molecular weight is 337 g/mol. The van der Waals surface area contributed by atoms with Gasteiger partial charge in [-0.2, -0.15) is 0 Å². The van der Waals surface area contributed by atoms with Crippen molar-refractivity contribution in [1.29, 1.82) is 0 Å². The summed E-state index contributed by atoms with van der Waals surface area (Å²) in [6, 6.07) is 10.6. The van der Waals surface area contributed by atoms with E-state index in [0.717, 1.165) is 21.5 Å². The lowest BCUT2D eigenvalue weighted by Crippen LogP contribution is -2.22. The molecule has 20 heavy (non-hydrogen) atoms. The molecule has 1 atom stereocenters. The molecular weight excluding hydrogens is 323 g/mol. The molecule has 2 nitrogen and oxygen atoms in total. The summed E-state index contributed by atoms with van der Waals surface area (Å²) >= 11 is 3.48. The second-order valence-electron chi connectivity index (χ2n) is 4.94. The highest BCUT2D eigenvalue weighted by molar-refractivity contribution is 9.10. The fraction of sp³-hybridized carbons (Fsp3) is 0.250. The molecule has 4 heteroatoms. The summed E-state index contributed by atoms with van der Waals surface area (Å²) in [7, 11) is 0. The van der Waals surface area contributed by atoms with Gasteiger partial charge >= 0.3 is 0 Å². The lowest BCUT2D eigenvalue weighted by atomic mass is 10.1. The van der Waals surface area contributed by atoms with Crippen molar-refractivity contribution >= 4 is 15.9 Å². The van der Waals surface area contributed by atoms with E-state index in [1.807, 2.05) is 25.1 Å². The molecule has 0 amide bonds. The molecule has 0 bridgehead atoms. The van der Waals surface area contributed by atoms with Crippen LogP contribution in [0.25, 0.3) is 0 Å². The minimum absolute atomic E-state index is 0.0694. The number of hydrogen-bond donors (Lipinski definition) is 0. The first-order valence-electron chi connectivity index (χ1n) is 6.46. The van der Waals surface area contributed by atoms with Crippen molar-refractivity contribution in [2.75, 3.05) is 6.61 Å². The molecule has 1 unspecified atom stereocenters. The first-order valence-corrected chi connectivity index (χ1v) is 7.25. The zero-order chi connectivity index (χ0) is 14.1. The first kappa shape index (κ1) is 13.4. The third-order valence-electron chi connectivity index (χ3n) is 3.28. The molecule has 0 saturated carbocycles. The summed E-state index contributed by atoms with van der Waals surface area (Å²) in [6.45, 7) is 2.47. The van der Waals surface area contributed by atoms with E-state index in [0.29, 0.717) is 13.0 Å². The highest BCUT2D eigenvalue weighted by Crippen LogP contribution is 2.31. The fourth-order valence-corrected chi connectivity index (χ4v) is 2.90. The Kier molecular flexibility index (Phi) is 3.66. The van der Waals surface area contributed by atoms with Crippen molar-refractivity contribution < 1.29 is 13.9 Å². The van der Waals surface area contributed by atoms with E-state index < -0.39 is 0 Å². The van der Waals surface area contributed by atoms with Gasteiger partial charge in [0.25, 0.3) is 0 Å². The van der Waals surface area contributed by atoms with Crippen LogP contribution in [0, 0.1) is 12.7 Å². The van der Waals surface area contributed by atoms with Gasteiger partial charge in [-0.05, 0) is 58.7 Å². The maximum atomic E-state index is 13.1. The largest absolute Gasteiger partial charge is 0.489 e. The van der Waals surface area contributed by atoms with Crippen molar-refractivity contribution in [2.45, 2.75) is 19.4 Å². The van der Waals surface area contributed by atoms with Crippen LogP contribution in [-0.2, 0) is 6.42 Å². The summed E-state index contributed by atoms with van der Waals surface area (Å²) in [6.07, 6.45) is 0.608. The van der Waals surface area contributed by atoms with Crippen LogP contribution >= 0.6 is 15.9 Å². The van der Waals surface area contributed by atoms with Crippen molar-refractivity contribution in [1.82, 2.24) is 0 Å². The molecule has 1 aliphatic rings. The zero-order valence-electron chi connectivity index (χ0n) is 11.0. The molecule has 3 rings (SSSR count). The van der Waals surface area contributed by atoms with Crippen LogP contribution in [0.2, 0.25) is 0 Å². The molecular formula is C16H14BrFO2. The molecule has 1 aliphatic heterocycles. The highest BCUT2D eigenvalue weighted by atomic mass is 79.9. The summed E-state index contributed by atoms with van der Waals surface area (Å²) in [4.78, 5) is 0. The SMILES string of the molecule is Cc1ccc(OCC2Cc3cc(F)ccc3O2)c(Br)c1. The summed E-state index contributed by atoms with van der Waals surface area (Å²) in [5, 5.41) is 0. The molecule has 104 valence electrons. The monoisotopic (exact) mass is 336 g/mol. The zero-order valence-corrected chi connectivity index (χ0v) is 12.6. The van der Waals surface area contributed by atoms with Crippen molar-refractivity contribution in [3.63, 3.8) is 0 Å². The van der Waals surface area contributed by atoms with E-state index in [-0.39, 0.29) is 11.9 Å². The van der Waals surface area contributed by atoms with Crippen LogP contribution in [0.15, 0.2) is 40.9 Å². The number of benzene rings is 2. The molecule has 0 radical (unpaired) electrons. The van der Waals surface area contributed by atoms with E-state index in [2.05, 4.69) is 15.9 Å². The molecule has 0 aliphatic carbocycles. The van der Waals surface area contributed by atoms with Crippen LogP contribution in [0.1, 0.15) is 11.1 Å². The van der Waals surface area contributed by atoms with E-state index in [4.69, 9.17) is 9.47 Å². The second-order valence-corrected chi connectivity index (χ2v) is 5.80. The summed E-state index contributed by atoms with van der Waals surface area (Å²) in [5.41, 5.74) is 2.07. The number of rotatable bonds is 3. The van der Waals surface area contributed by atoms with Crippen molar-refractivity contribution in [2.24, 2.45) is 0 Å². The predicted molar refractivity (Wildman–Crippen MR) is 78.9 cm³/mol. The lowest BCUT2D eigenvalue weighted by Gasteiger charge is -2.13. The van der Waals surface area contributed by atoms with Gasteiger partial charge in [-0.3, -0.25) is 0 Å². The molecule has 0 fully saturated rings. The molecule has 0 aromatic heterocycles. The smallest absolute Gasteiger partial charge is 0.137 e. The number of ether oxygens (including phenoxy) is 2. The highest BCUT2D eigenvalue weighted by Gasteiger charge is 2.24. The van der Waals surface area contributed by atoms with Crippen LogP contribution in [0.3, 0.4) is 0 Å². The van der Waals surface area contributed by atoms with Crippen LogP contribution in [0.4, 0.5) is 4.39 Å². The number of halogens is 2. The Morgan fingerprint density at radius 3 is 2.95 bits per heavy atom. The van der Waals surface area contributed by atoms with Gasteiger partial charge in [-0.25, -0.2) is 4.39 Å². The molecule has 2 aromatic rings. The average Bonchev–Trinajstić information content (AvgIpc) is 2.79. The number of fused-ring (bicyclic) bond motifs is 1. The van der Waals surface area contributed by atoms with Gasteiger partial charge in [0, 0.05) is 12.0 Å². The number of hydrogen-bond acceptors (Lipinski definition) is 2. The summed E-state index contributed by atoms with van der Waals surface area (Å²) in [5.74, 6) is 1.32. The van der Waals surface area contributed by atoms with Crippen molar-refractivity contribution in [3.05, 3.63) is 57.8 Å². The van der Waals surface area contributed by atoms with E-state index in [1.54, 1.807) is 6.07 Å². The van der Waals surface area contributed by atoms with Gasteiger partial charge in [0.2, 0.25) is 0 Å². The van der Waals surface area contributed by atoms with Crippen LogP contribution < -0.4 is 9.47 Å². The van der Waals surface area contributed by atoms with Gasteiger partial charge in [0.05, 0.1) is 4.47 Å². The summed E-state index contributed by atoms with van der Waals surface area (Å²) < 4.78 is 25.6. The Morgan fingerprint density at radius 1 is 1.30 bits per heavy atom. The van der Waals surface area contributed by atoms with Crippen LogP contribution in [-0.4, -0.2) is 12.7 Å². The van der Waals surface area contributed by atoms with E-state index >= 15 is 0 Å². The normalized spacial score (nSPS) is 16.6. The maximum absolute atomic E-state index is 13.1. The van der Waals surface area contributed by atoms with E-state index in [1.165, 1.54) is 17.7 Å². The molecule has 0 N–H and O–H groups in total. The van der Waals surface area contributed by atoms with Gasteiger partial charge in [-0.15, -0.1) is 0 Å². The Labute approximate surface area is 125 Å². The lowest BCUT2D eigenvalue weighted by molar-refractivity contribution is 0.148. The minimum atomic E-state index is -0.227. The predicted octanol–water partition coefficient (Wildman–Crippen LogP) is 4.28. The van der Waals surface area contributed by atoms with Gasteiger partial charge in [0.15, 0.2) is 0 Å². The Balaban J connectivity index is 1.63. The molecule has 1 heterocycles. The Hall–Kier alpha value is -1.55. The molecule has 2 aromatic carbocycles. The minimum Gasteiger partial charge on any atom is -0.489 e. The van der Waals surface area contributed by atoms with Gasteiger partial charge < -0.3 is 9.47 Å². The van der Waals surface area contributed by atoms with Crippen LogP contribution in [0.5, 0.6) is 11.5 Å². The first-order chi connectivity index (χ1) is 9.61. The topological polar surface area (TPSA) is 18.5 Å². The van der Waals surface area contributed by atoms with Crippen molar-refractivity contribution in [3.8, 4) is 11.5 Å². The standard InChI is InChI=1S/C16H14BrFO2/c1-10-2-4-16(14(17)6-10)19-9-13-8-11-7-12(18)3-5-15(11)20-13/h2-7,13H,8-9H2,1H3. The third-order valence-corrected chi connectivity index (χ3v) is 3.90. The van der Waals surface area contributed by atoms with Gasteiger partial charge in [-0.1, -0.05) is 6.07 Å². The Morgan fingerprint density at radius 2 is 2.15 bits per heavy atom. The molecule has 0 spiro atoms. The maximum Gasteiger partial charge on any atom is 0.137 e. The van der Waals surface area contributed by atoms with Gasteiger partial charge in [0.1, 0.15) is 30.0 Å². The third kappa shape index (κ3) is 2.80. The van der Waals surface area contributed by atoms with E-state index in [9.17, 15) is 4.39 Å². The second kappa shape index (κ2) is 5.44.